The zero-order valence-corrected chi connectivity index (χ0v) is 11.2. The van der Waals surface area contributed by atoms with Gasteiger partial charge in [0.15, 0.2) is 0 Å². The summed E-state index contributed by atoms with van der Waals surface area (Å²) in [5.74, 6) is 0.490. The van der Waals surface area contributed by atoms with Crippen LogP contribution in [0, 0.1) is 0 Å². The molecule has 0 saturated carbocycles. The van der Waals surface area contributed by atoms with Gasteiger partial charge in [-0.2, -0.15) is 0 Å². The Labute approximate surface area is 107 Å². The Morgan fingerprint density at radius 3 is 2.73 bits per heavy atom. The molecule has 82 valence electrons. The van der Waals surface area contributed by atoms with Crippen LogP contribution in [0.25, 0.3) is 6.08 Å². The maximum absolute atomic E-state index is 13.3. The highest BCUT2D eigenvalue weighted by molar-refractivity contribution is 14.0. The minimum atomic E-state index is 0. The maximum atomic E-state index is 13.3. The molecule has 0 unspecified atom stereocenters. The van der Waals surface area contributed by atoms with Crippen molar-refractivity contribution in [1.82, 2.24) is 0 Å². The molecule has 0 saturated heterocycles. The van der Waals surface area contributed by atoms with E-state index in [4.69, 9.17) is 0 Å². The van der Waals surface area contributed by atoms with Crippen molar-refractivity contribution in [1.29, 1.82) is 0 Å². The summed E-state index contributed by atoms with van der Waals surface area (Å²) in [5, 5.41) is 0.777. The Kier molecular flexibility index (Phi) is 4.13. The molecule has 0 aliphatic carbocycles. The molecule has 1 aliphatic heterocycles. The fraction of sp³-hybridized carbons (Fsp3) is 0.333. The van der Waals surface area contributed by atoms with Gasteiger partial charge in [-0.1, -0.05) is 36.5 Å². The number of benzene rings is 1. The maximum Gasteiger partial charge on any atom is 0.0763 e. The van der Waals surface area contributed by atoms with Gasteiger partial charge < -0.3 is 0 Å². The molecule has 1 nitrogen and oxygen atoms in total. The van der Waals surface area contributed by atoms with Gasteiger partial charge in [-0.25, -0.2) is 5.12 Å². The molecule has 0 radical (unpaired) electrons. The number of fused-ring (bicyclic) bond motifs is 1. The topological polar surface area (TPSA) is 3.24 Å². The predicted octanol–water partition coefficient (Wildman–Crippen LogP) is 4.15. The lowest BCUT2D eigenvalue weighted by Crippen LogP contribution is -2.15. The van der Waals surface area contributed by atoms with Crippen molar-refractivity contribution in [3.63, 3.8) is 0 Å². The van der Waals surface area contributed by atoms with Gasteiger partial charge in [0.25, 0.3) is 0 Å². The van der Waals surface area contributed by atoms with Crippen molar-refractivity contribution in [2.24, 2.45) is 0 Å². The first kappa shape index (κ1) is 12.5. The summed E-state index contributed by atoms with van der Waals surface area (Å²) in [5.41, 5.74) is 2.91. The van der Waals surface area contributed by atoms with E-state index in [0.717, 1.165) is 10.7 Å². The van der Waals surface area contributed by atoms with E-state index < -0.39 is 0 Å². The van der Waals surface area contributed by atoms with Crippen LogP contribution in [-0.2, 0) is 0 Å². The molecule has 0 aromatic heterocycles. The lowest BCUT2D eigenvalue weighted by Gasteiger charge is -2.20. The Balaban J connectivity index is 0.00000112. The Morgan fingerprint density at radius 1 is 1.33 bits per heavy atom. The number of halogens is 2. The van der Waals surface area contributed by atoms with Crippen molar-refractivity contribution in [3.05, 3.63) is 35.4 Å². The summed E-state index contributed by atoms with van der Waals surface area (Å²) in [7, 11) is 0. The molecular weight excluding hydrogens is 304 g/mol. The van der Waals surface area contributed by atoms with Crippen molar-refractivity contribution in [2.75, 3.05) is 11.7 Å². The highest BCUT2D eigenvalue weighted by Gasteiger charge is 2.13. The summed E-state index contributed by atoms with van der Waals surface area (Å²) in [6.45, 7) is 4.64. The number of nitrogens with zero attached hydrogens (tertiary/aromatic N) is 1. The van der Waals surface area contributed by atoms with Gasteiger partial charge >= 0.3 is 0 Å². The summed E-state index contributed by atoms with van der Waals surface area (Å²) in [6.07, 6.45) is 3.82. The van der Waals surface area contributed by atoms with Crippen molar-refractivity contribution in [3.8, 4) is 0 Å². The molecule has 1 aromatic rings. The Morgan fingerprint density at radius 2 is 2.07 bits per heavy atom. The molecule has 1 aliphatic rings. The van der Waals surface area contributed by atoms with Crippen molar-refractivity contribution in [2.45, 2.75) is 19.8 Å². The van der Waals surface area contributed by atoms with Crippen LogP contribution in [0.3, 0.4) is 0 Å². The van der Waals surface area contributed by atoms with E-state index in [1.807, 2.05) is 24.3 Å². The molecule has 3 heteroatoms. The van der Waals surface area contributed by atoms with Crippen LogP contribution in [0.2, 0.25) is 0 Å². The fourth-order valence-electron chi connectivity index (χ4n) is 1.66. The van der Waals surface area contributed by atoms with E-state index in [-0.39, 0.29) is 24.0 Å². The summed E-state index contributed by atoms with van der Waals surface area (Å²) in [4.78, 5) is 0. The molecule has 1 heterocycles. The zero-order valence-electron chi connectivity index (χ0n) is 8.90. The standard InChI is InChI=1S/C12H14FN.HI/c1-9(2)10-5-6-12-11(8-10)4-3-7-14(12)13;/h3-6,8-9H,7H2,1-2H3;1H. The minimum Gasteiger partial charge on any atom is -0.207 e. The number of rotatable bonds is 1. The molecule has 0 N–H and O–H groups in total. The van der Waals surface area contributed by atoms with E-state index in [9.17, 15) is 4.48 Å². The molecule has 0 fully saturated rings. The molecule has 0 amide bonds. The molecular formula is C12H15FIN. The van der Waals surface area contributed by atoms with Gasteiger partial charge in [-0.3, -0.25) is 0 Å². The van der Waals surface area contributed by atoms with Crippen LogP contribution in [0.15, 0.2) is 24.3 Å². The van der Waals surface area contributed by atoms with Gasteiger partial charge in [0.05, 0.1) is 12.2 Å². The second-order valence-corrected chi connectivity index (χ2v) is 3.92. The Bertz CT molecular complexity index is 374. The SMILES string of the molecule is CC(C)c1ccc2c(c1)C=CCN2F.I. The monoisotopic (exact) mass is 319 g/mol. The minimum absolute atomic E-state index is 0. The molecule has 15 heavy (non-hydrogen) atoms. The van der Waals surface area contributed by atoms with E-state index >= 15 is 0 Å². The Hall–Kier alpha value is -0.580. The third-order valence-corrected chi connectivity index (χ3v) is 2.54. The normalized spacial score (nSPS) is 13.7. The summed E-state index contributed by atoms with van der Waals surface area (Å²) >= 11 is 0. The summed E-state index contributed by atoms with van der Waals surface area (Å²) in [6, 6.07) is 5.91. The molecule has 2 rings (SSSR count). The van der Waals surface area contributed by atoms with Crippen molar-refractivity contribution < 1.29 is 4.48 Å². The second kappa shape index (κ2) is 4.96. The van der Waals surface area contributed by atoms with Gasteiger partial charge in [0, 0.05) is 5.56 Å². The predicted molar refractivity (Wildman–Crippen MR) is 73.4 cm³/mol. The average Bonchev–Trinajstić information content (AvgIpc) is 2.17. The summed E-state index contributed by atoms with van der Waals surface area (Å²) < 4.78 is 13.3. The van der Waals surface area contributed by atoms with E-state index in [0.29, 0.717) is 18.2 Å². The second-order valence-electron chi connectivity index (χ2n) is 3.92. The quantitative estimate of drug-likeness (QED) is 0.555. The lowest BCUT2D eigenvalue weighted by molar-refractivity contribution is 0.453. The highest BCUT2D eigenvalue weighted by Crippen LogP contribution is 2.29. The number of hydrogen-bond donors (Lipinski definition) is 0. The van der Waals surface area contributed by atoms with E-state index in [1.165, 1.54) is 5.56 Å². The van der Waals surface area contributed by atoms with Gasteiger partial charge in [0.1, 0.15) is 0 Å². The van der Waals surface area contributed by atoms with Crippen LogP contribution in [0.5, 0.6) is 0 Å². The van der Waals surface area contributed by atoms with Gasteiger partial charge in [0.2, 0.25) is 0 Å². The van der Waals surface area contributed by atoms with E-state index in [1.54, 1.807) is 0 Å². The third-order valence-electron chi connectivity index (χ3n) is 2.54. The first-order chi connectivity index (χ1) is 6.68. The first-order valence-corrected chi connectivity index (χ1v) is 4.92. The number of hydrogen-bond acceptors (Lipinski definition) is 1. The van der Waals surface area contributed by atoms with Crippen LogP contribution < -0.4 is 5.12 Å². The van der Waals surface area contributed by atoms with Gasteiger partial charge in [-0.15, -0.1) is 24.0 Å². The fourth-order valence-corrected chi connectivity index (χ4v) is 1.66. The van der Waals surface area contributed by atoms with Gasteiger partial charge in [-0.05, 0) is 23.6 Å². The lowest BCUT2D eigenvalue weighted by atomic mass is 9.98. The largest absolute Gasteiger partial charge is 0.207 e. The third kappa shape index (κ3) is 2.51. The van der Waals surface area contributed by atoms with Crippen LogP contribution in [0.4, 0.5) is 10.2 Å². The zero-order chi connectivity index (χ0) is 10.1. The first-order valence-electron chi connectivity index (χ1n) is 4.92. The van der Waals surface area contributed by atoms with Crippen LogP contribution in [-0.4, -0.2) is 6.54 Å². The van der Waals surface area contributed by atoms with E-state index in [2.05, 4.69) is 19.9 Å². The molecule has 0 atom stereocenters. The average molecular weight is 319 g/mol. The number of anilines is 1. The molecule has 0 bridgehead atoms. The van der Waals surface area contributed by atoms with Crippen LogP contribution in [0.1, 0.15) is 30.9 Å². The smallest absolute Gasteiger partial charge is 0.0763 e. The van der Waals surface area contributed by atoms with Crippen LogP contribution >= 0.6 is 24.0 Å². The molecule has 0 spiro atoms. The highest BCUT2D eigenvalue weighted by atomic mass is 127. The van der Waals surface area contributed by atoms with Crippen molar-refractivity contribution >= 4 is 35.7 Å². The molecule has 1 aromatic carbocycles.